The smallest absolute Gasteiger partial charge is 0.106 e. The number of rotatable bonds is 2. The van der Waals surface area contributed by atoms with Gasteiger partial charge in [0.2, 0.25) is 0 Å². The van der Waals surface area contributed by atoms with Crippen molar-refractivity contribution in [1.82, 2.24) is 4.98 Å². The van der Waals surface area contributed by atoms with Gasteiger partial charge in [-0.25, -0.2) is 4.98 Å². The molecule has 0 N–H and O–H groups in total. The summed E-state index contributed by atoms with van der Waals surface area (Å²) in [5.41, 5.74) is 1.09. The second kappa shape index (κ2) is 3.83. The van der Waals surface area contributed by atoms with E-state index in [-0.39, 0.29) is 6.10 Å². The summed E-state index contributed by atoms with van der Waals surface area (Å²) in [5.74, 6) is 0. The summed E-state index contributed by atoms with van der Waals surface area (Å²) in [6.07, 6.45) is 1.92. The minimum atomic E-state index is 0.121. The van der Waals surface area contributed by atoms with E-state index in [1.165, 1.54) is 0 Å². The Morgan fingerprint density at radius 2 is 2.27 bits per heavy atom. The molecule has 2 nitrogen and oxygen atoms in total. The van der Waals surface area contributed by atoms with Crippen molar-refractivity contribution < 1.29 is 4.74 Å². The summed E-state index contributed by atoms with van der Waals surface area (Å²) in [4.78, 5) is 4.08. The molecule has 0 spiro atoms. The molecule has 0 radical (unpaired) electrons. The Bertz CT molecular complexity index is 222. The summed E-state index contributed by atoms with van der Waals surface area (Å²) in [5, 5.41) is 0. The average molecular weight is 216 g/mol. The Labute approximate surface area is 74.7 Å². The lowest BCUT2D eigenvalue weighted by atomic mass is 10.2. The van der Waals surface area contributed by atoms with E-state index in [0.717, 1.165) is 10.2 Å². The van der Waals surface area contributed by atoms with E-state index in [1.54, 1.807) is 13.3 Å². The number of nitrogens with zero attached hydrogens (tertiary/aromatic N) is 1. The van der Waals surface area contributed by atoms with Gasteiger partial charge in [-0.15, -0.1) is 0 Å². The number of aromatic nitrogens is 1. The molecule has 1 aromatic heterocycles. The Kier molecular flexibility index (Phi) is 3.02. The van der Waals surface area contributed by atoms with Gasteiger partial charge in [0.15, 0.2) is 0 Å². The predicted octanol–water partition coefficient (Wildman–Crippen LogP) is 2.55. The van der Waals surface area contributed by atoms with Crippen molar-refractivity contribution in [2.75, 3.05) is 7.11 Å². The maximum atomic E-state index is 5.12. The van der Waals surface area contributed by atoms with E-state index in [2.05, 4.69) is 20.9 Å². The molecule has 11 heavy (non-hydrogen) atoms. The van der Waals surface area contributed by atoms with Crippen molar-refractivity contribution in [3.8, 4) is 0 Å². The lowest BCUT2D eigenvalue weighted by Crippen LogP contribution is -1.95. The monoisotopic (exact) mass is 215 g/mol. The van der Waals surface area contributed by atoms with Gasteiger partial charge in [-0.05, 0) is 34.5 Å². The Balaban J connectivity index is 2.81. The van der Waals surface area contributed by atoms with Crippen molar-refractivity contribution in [3.63, 3.8) is 0 Å². The molecule has 0 unspecified atom stereocenters. The third-order valence-corrected chi connectivity index (χ3v) is 2.04. The van der Waals surface area contributed by atoms with Gasteiger partial charge in [-0.3, -0.25) is 0 Å². The first-order chi connectivity index (χ1) is 5.24. The zero-order chi connectivity index (χ0) is 8.27. The molecule has 0 saturated heterocycles. The third kappa shape index (κ3) is 2.27. The number of ether oxygens (including phenoxy) is 1. The fourth-order valence-electron chi connectivity index (χ4n) is 0.764. The maximum Gasteiger partial charge on any atom is 0.106 e. The molecule has 1 heterocycles. The van der Waals surface area contributed by atoms with Crippen LogP contribution in [-0.2, 0) is 4.74 Å². The number of methoxy groups -OCH3 is 1. The molecule has 0 amide bonds. The summed E-state index contributed by atoms with van der Waals surface area (Å²) in [6, 6.07) is 3.90. The number of hydrogen-bond acceptors (Lipinski definition) is 2. The Morgan fingerprint density at radius 1 is 1.55 bits per heavy atom. The van der Waals surface area contributed by atoms with Crippen molar-refractivity contribution in [3.05, 3.63) is 28.5 Å². The highest BCUT2D eigenvalue weighted by atomic mass is 79.9. The van der Waals surface area contributed by atoms with E-state index in [4.69, 9.17) is 4.74 Å². The van der Waals surface area contributed by atoms with Gasteiger partial charge in [0.05, 0.1) is 6.10 Å². The second-order valence-corrected chi connectivity index (χ2v) is 3.10. The summed E-state index contributed by atoms with van der Waals surface area (Å²) in [6.45, 7) is 1.99. The number of hydrogen-bond donors (Lipinski definition) is 0. The highest BCUT2D eigenvalue weighted by molar-refractivity contribution is 9.10. The van der Waals surface area contributed by atoms with Crippen molar-refractivity contribution in [2.24, 2.45) is 0 Å². The van der Waals surface area contributed by atoms with Crippen molar-refractivity contribution in [2.45, 2.75) is 13.0 Å². The Hall–Kier alpha value is -0.410. The number of pyridine rings is 1. The maximum absolute atomic E-state index is 5.12. The van der Waals surface area contributed by atoms with Crippen LogP contribution in [0.2, 0.25) is 0 Å². The van der Waals surface area contributed by atoms with Crippen LogP contribution < -0.4 is 0 Å². The van der Waals surface area contributed by atoms with Crippen molar-refractivity contribution in [1.29, 1.82) is 0 Å². The highest BCUT2D eigenvalue weighted by Gasteiger charge is 2.02. The topological polar surface area (TPSA) is 22.1 Å². The van der Waals surface area contributed by atoms with E-state index < -0.39 is 0 Å². The molecule has 1 aromatic rings. The Morgan fingerprint density at radius 3 is 2.73 bits per heavy atom. The van der Waals surface area contributed by atoms with Crippen LogP contribution >= 0.6 is 15.9 Å². The van der Waals surface area contributed by atoms with Gasteiger partial charge in [0, 0.05) is 13.3 Å². The minimum Gasteiger partial charge on any atom is -0.377 e. The van der Waals surface area contributed by atoms with Crippen LogP contribution in [0.25, 0.3) is 0 Å². The molecule has 0 aliphatic heterocycles. The van der Waals surface area contributed by atoms with E-state index >= 15 is 0 Å². The lowest BCUT2D eigenvalue weighted by Gasteiger charge is -2.07. The van der Waals surface area contributed by atoms with Crippen LogP contribution in [0.15, 0.2) is 22.9 Å². The summed E-state index contributed by atoms with van der Waals surface area (Å²) in [7, 11) is 1.69. The zero-order valence-electron chi connectivity index (χ0n) is 6.54. The normalized spacial score (nSPS) is 13.0. The molecule has 0 bridgehead atoms. The van der Waals surface area contributed by atoms with Gasteiger partial charge in [-0.1, -0.05) is 6.07 Å². The van der Waals surface area contributed by atoms with Gasteiger partial charge in [0.25, 0.3) is 0 Å². The van der Waals surface area contributed by atoms with Gasteiger partial charge < -0.3 is 4.74 Å². The molecular weight excluding hydrogens is 206 g/mol. The van der Waals surface area contributed by atoms with Gasteiger partial charge >= 0.3 is 0 Å². The van der Waals surface area contributed by atoms with Crippen LogP contribution in [0.1, 0.15) is 18.6 Å². The van der Waals surface area contributed by atoms with Crippen LogP contribution in [0.3, 0.4) is 0 Å². The first kappa shape index (κ1) is 8.68. The largest absolute Gasteiger partial charge is 0.377 e. The van der Waals surface area contributed by atoms with Crippen LogP contribution in [0.4, 0.5) is 0 Å². The first-order valence-corrected chi connectivity index (χ1v) is 4.17. The van der Waals surface area contributed by atoms with Crippen LogP contribution in [0, 0.1) is 0 Å². The molecule has 60 valence electrons. The molecule has 3 heteroatoms. The SMILES string of the molecule is CO[C@H](C)c1ccc(Br)nc1. The molecular formula is C8H10BrNO. The van der Waals surface area contributed by atoms with Crippen LogP contribution in [-0.4, -0.2) is 12.1 Å². The summed E-state index contributed by atoms with van der Waals surface area (Å²) < 4.78 is 5.97. The molecule has 0 saturated carbocycles. The molecule has 0 aliphatic rings. The average Bonchev–Trinajstić information content (AvgIpc) is 2.05. The number of halogens is 1. The third-order valence-electron chi connectivity index (χ3n) is 1.57. The standard InChI is InChI=1S/C8H10BrNO/c1-6(11-2)7-3-4-8(9)10-5-7/h3-6H,1-2H3/t6-/m1/s1. The van der Waals surface area contributed by atoms with Gasteiger partial charge in [0.1, 0.15) is 4.60 Å². The molecule has 0 fully saturated rings. The van der Waals surface area contributed by atoms with E-state index in [0.29, 0.717) is 0 Å². The molecule has 1 atom stereocenters. The predicted molar refractivity (Wildman–Crippen MR) is 47.4 cm³/mol. The molecule has 0 aromatic carbocycles. The van der Waals surface area contributed by atoms with E-state index in [1.807, 2.05) is 19.1 Å². The van der Waals surface area contributed by atoms with Crippen molar-refractivity contribution >= 4 is 15.9 Å². The summed E-state index contributed by atoms with van der Waals surface area (Å²) >= 11 is 3.26. The fourth-order valence-corrected chi connectivity index (χ4v) is 0.998. The molecule has 0 aliphatic carbocycles. The highest BCUT2D eigenvalue weighted by Crippen LogP contribution is 2.15. The zero-order valence-corrected chi connectivity index (χ0v) is 8.13. The minimum absolute atomic E-state index is 0.121. The lowest BCUT2D eigenvalue weighted by molar-refractivity contribution is 0.119. The molecule has 1 rings (SSSR count). The first-order valence-electron chi connectivity index (χ1n) is 3.38. The van der Waals surface area contributed by atoms with E-state index in [9.17, 15) is 0 Å². The van der Waals surface area contributed by atoms with Crippen LogP contribution in [0.5, 0.6) is 0 Å². The van der Waals surface area contributed by atoms with Gasteiger partial charge in [-0.2, -0.15) is 0 Å². The fraction of sp³-hybridized carbons (Fsp3) is 0.375. The quantitative estimate of drug-likeness (QED) is 0.708. The second-order valence-electron chi connectivity index (χ2n) is 2.29.